The van der Waals surface area contributed by atoms with Crippen molar-refractivity contribution < 1.29 is 28.9 Å². The summed E-state index contributed by atoms with van der Waals surface area (Å²) in [7, 11) is 4.04. The van der Waals surface area contributed by atoms with E-state index in [1.54, 1.807) is 6.07 Å². The summed E-state index contributed by atoms with van der Waals surface area (Å²) in [4.78, 5) is 23.2. The Kier molecular flexibility index (Phi) is 6.44. The third kappa shape index (κ3) is 4.33. The zero-order valence-corrected chi connectivity index (χ0v) is 13.4. The highest BCUT2D eigenvalue weighted by Crippen LogP contribution is 2.33. The van der Waals surface area contributed by atoms with Gasteiger partial charge in [0.1, 0.15) is 11.5 Å². The lowest BCUT2D eigenvalue weighted by Crippen LogP contribution is -2.37. The molecule has 2 N–H and O–H groups in total. The molecule has 0 fully saturated rings. The first-order valence-corrected chi connectivity index (χ1v) is 6.69. The first-order chi connectivity index (χ1) is 9.94. The molecule has 1 unspecified atom stereocenters. The van der Waals surface area contributed by atoms with Gasteiger partial charge in [-0.3, -0.25) is 4.79 Å². The molecule has 0 heterocycles. The number of ether oxygens (including phenoxy) is 3. The van der Waals surface area contributed by atoms with Crippen molar-refractivity contribution in [3.05, 3.63) is 22.2 Å². The van der Waals surface area contributed by atoms with Gasteiger partial charge in [0, 0.05) is 0 Å². The van der Waals surface area contributed by atoms with Crippen LogP contribution in [0.2, 0.25) is 0 Å². The van der Waals surface area contributed by atoms with Crippen molar-refractivity contribution in [3.8, 4) is 11.5 Å². The molecule has 7 nitrogen and oxygen atoms in total. The van der Waals surface area contributed by atoms with Gasteiger partial charge in [0.2, 0.25) is 0 Å². The van der Waals surface area contributed by atoms with Crippen molar-refractivity contribution in [2.24, 2.45) is 0 Å². The summed E-state index contributed by atoms with van der Waals surface area (Å²) >= 11 is 3.27. The Hall–Kier alpha value is -1.80. The van der Waals surface area contributed by atoms with E-state index in [0.29, 0.717) is 16.0 Å². The largest absolute Gasteiger partial charge is 0.497 e. The Bertz CT molecular complexity index is 534. The normalized spacial score (nSPS) is 11.5. The average molecular weight is 362 g/mol. The predicted molar refractivity (Wildman–Crippen MR) is 77.6 cm³/mol. The van der Waals surface area contributed by atoms with Crippen LogP contribution in [0, 0.1) is 0 Å². The second-order valence-corrected chi connectivity index (χ2v) is 4.79. The summed E-state index contributed by atoms with van der Waals surface area (Å²) in [5, 5.41) is 11.9. The second kappa shape index (κ2) is 7.84. The standard InChI is InChI=1S/C13H16BrNO6/c1-19-7-4-8(11(20-2)9(14)5-7)12(17)15-6-10(16)13(18)21-3/h4-5,10,16H,6H2,1-3H3,(H,15,17). The summed E-state index contributed by atoms with van der Waals surface area (Å²) in [5.41, 5.74) is 0.209. The van der Waals surface area contributed by atoms with Gasteiger partial charge in [-0.25, -0.2) is 4.79 Å². The SMILES string of the molecule is COC(=O)C(O)CNC(=O)c1cc(OC)cc(Br)c1OC. The molecule has 0 aromatic heterocycles. The molecule has 0 saturated carbocycles. The summed E-state index contributed by atoms with van der Waals surface area (Å²) in [6, 6.07) is 3.14. The number of amides is 1. The maximum Gasteiger partial charge on any atom is 0.336 e. The van der Waals surface area contributed by atoms with Gasteiger partial charge in [-0.15, -0.1) is 0 Å². The van der Waals surface area contributed by atoms with Gasteiger partial charge in [0.25, 0.3) is 5.91 Å². The molecule has 0 bridgehead atoms. The third-order valence-corrected chi connectivity index (χ3v) is 3.22. The van der Waals surface area contributed by atoms with Crippen molar-refractivity contribution in [2.75, 3.05) is 27.9 Å². The van der Waals surface area contributed by atoms with Crippen LogP contribution in [0.25, 0.3) is 0 Å². The molecule has 0 spiro atoms. The number of rotatable bonds is 6. The summed E-state index contributed by atoms with van der Waals surface area (Å²) < 4.78 is 15.1. The van der Waals surface area contributed by atoms with Crippen LogP contribution in [0.5, 0.6) is 11.5 Å². The highest BCUT2D eigenvalue weighted by Gasteiger charge is 2.20. The number of benzene rings is 1. The smallest absolute Gasteiger partial charge is 0.336 e. The molecule has 8 heteroatoms. The molecule has 0 aliphatic carbocycles. The van der Waals surface area contributed by atoms with Gasteiger partial charge in [0.15, 0.2) is 6.10 Å². The fourth-order valence-corrected chi connectivity index (χ4v) is 2.17. The fraction of sp³-hybridized carbons (Fsp3) is 0.385. The number of nitrogens with one attached hydrogen (secondary N) is 1. The highest BCUT2D eigenvalue weighted by molar-refractivity contribution is 9.10. The van der Waals surface area contributed by atoms with E-state index in [0.717, 1.165) is 7.11 Å². The average Bonchev–Trinajstić information content (AvgIpc) is 2.50. The van der Waals surface area contributed by atoms with Crippen LogP contribution in [-0.4, -0.2) is 51.0 Å². The monoisotopic (exact) mass is 361 g/mol. The van der Waals surface area contributed by atoms with E-state index in [1.165, 1.54) is 20.3 Å². The molecule has 21 heavy (non-hydrogen) atoms. The van der Waals surface area contributed by atoms with Gasteiger partial charge in [-0.2, -0.15) is 0 Å². The Morgan fingerprint density at radius 1 is 1.29 bits per heavy atom. The maximum atomic E-state index is 12.1. The van der Waals surface area contributed by atoms with E-state index in [9.17, 15) is 14.7 Å². The molecule has 0 saturated heterocycles. The molecule has 1 atom stereocenters. The Morgan fingerprint density at radius 2 is 1.95 bits per heavy atom. The lowest BCUT2D eigenvalue weighted by molar-refractivity contribution is -0.149. The molecule has 1 rings (SSSR count). The lowest BCUT2D eigenvalue weighted by atomic mass is 10.1. The van der Waals surface area contributed by atoms with Crippen LogP contribution in [0.4, 0.5) is 0 Å². The molecular formula is C13H16BrNO6. The molecule has 1 aromatic carbocycles. The number of carbonyl (C=O) groups is 2. The fourth-order valence-electron chi connectivity index (χ4n) is 1.57. The minimum atomic E-state index is -1.43. The molecule has 1 amide bonds. The van der Waals surface area contributed by atoms with Crippen molar-refractivity contribution in [1.29, 1.82) is 0 Å². The van der Waals surface area contributed by atoms with Gasteiger partial charge < -0.3 is 24.6 Å². The van der Waals surface area contributed by atoms with Crippen molar-refractivity contribution >= 4 is 27.8 Å². The second-order valence-electron chi connectivity index (χ2n) is 3.94. The number of hydrogen-bond donors (Lipinski definition) is 2. The molecule has 0 radical (unpaired) electrons. The van der Waals surface area contributed by atoms with Gasteiger partial charge in [-0.1, -0.05) is 0 Å². The van der Waals surface area contributed by atoms with E-state index in [2.05, 4.69) is 26.0 Å². The number of hydrogen-bond acceptors (Lipinski definition) is 6. The number of carbonyl (C=O) groups excluding carboxylic acids is 2. The molecule has 116 valence electrons. The molecule has 0 aliphatic heterocycles. The maximum absolute atomic E-state index is 12.1. The van der Waals surface area contributed by atoms with Crippen molar-refractivity contribution in [1.82, 2.24) is 5.32 Å². The molecular weight excluding hydrogens is 346 g/mol. The summed E-state index contributed by atoms with van der Waals surface area (Å²) in [5.74, 6) is -0.564. The van der Waals surface area contributed by atoms with E-state index < -0.39 is 18.0 Å². The Labute approximate surface area is 130 Å². The van der Waals surface area contributed by atoms with Gasteiger partial charge >= 0.3 is 5.97 Å². The minimum absolute atomic E-state index is 0.209. The van der Waals surface area contributed by atoms with Gasteiger partial charge in [-0.05, 0) is 28.1 Å². The van der Waals surface area contributed by atoms with E-state index in [1.807, 2.05) is 0 Å². The Balaban J connectivity index is 2.91. The van der Waals surface area contributed by atoms with Gasteiger partial charge in [0.05, 0.1) is 37.9 Å². The van der Waals surface area contributed by atoms with Crippen LogP contribution in [0.1, 0.15) is 10.4 Å². The van der Waals surface area contributed by atoms with Crippen LogP contribution in [-0.2, 0) is 9.53 Å². The minimum Gasteiger partial charge on any atom is -0.497 e. The number of esters is 1. The highest BCUT2D eigenvalue weighted by atomic mass is 79.9. The lowest BCUT2D eigenvalue weighted by Gasteiger charge is -2.14. The number of halogens is 1. The zero-order chi connectivity index (χ0) is 16.0. The van der Waals surface area contributed by atoms with Crippen molar-refractivity contribution in [2.45, 2.75) is 6.10 Å². The zero-order valence-electron chi connectivity index (χ0n) is 11.8. The quantitative estimate of drug-likeness (QED) is 0.725. The molecule has 1 aromatic rings. The van der Waals surface area contributed by atoms with E-state index >= 15 is 0 Å². The first kappa shape index (κ1) is 17.3. The van der Waals surface area contributed by atoms with Crippen LogP contribution >= 0.6 is 15.9 Å². The first-order valence-electron chi connectivity index (χ1n) is 5.90. The predicted octanol–water partition coefficient (Wildman–Crippen LogP) is 0.730. The van der Waals surface area contributed by atoms with Crippen LogP contribution < -0.4 is 14.8 Å². The number of aliphatic hydroxyl groups is 1. The topological polar surface area (TPSA) is 94.1 Å². The number of aliphatic hydroxyl groups excluding tert-OH is 1. The third-order valence-electron chi connectivity index (χ3n) is 2.63. The number of methoxy groups -OCH3 is 3. The Morgan fingerprint density at radius 3 is 2.48 bits per heavy atom. The summed E-state index contributed by atoms with van der Waals surface area (Å²) in [6.07, 6.45) is -1.43. The molecule has 0 aliphatic rings. The van der Waals surface area contributed by atoms with Crippen LogP contribution in [0.15, 0.2) is 16.6 Å². The van der Waals surface area contributed by atoms with Crippen molar-refractivity contribution in [3.63, 3.8) is 0 Å². The van der Waals surface area contributed by atoms with E-state index in [4.69, 9.17) is 9.47 Å². The summed E-state index contributed by atoms with van der Waals surface area (Å²) in [6.45, 7) is -0.274. The van der Waals surface area contributed by atoms with E-state index in [-0.39, 0.29) is 12.1 Å². The van der Waals surface area contributed by atoms with Crippen LogP contribution in [0.3, 0.4) is 0 Å².